The van der Waals surface area contributed by atoms with Crippen LogP contribution in [0, 0.1) is 0 Å². The van der Waals surface area contributed by atoms with E-state index in [2.05, 4.69) is 20.6 Å². The van der Waals surface area contributed by atoms with Crippen molar-refractivity contribution in [2.24, 2.45) is 0 Å². The largest absolute Gasteiger partial charge is 0.441 e. The minimum Gasteiger partial charge on any atom is -0.441 e. The van der Waals surface area contributed by atoms with Crippen molar-refractivity contribution in [2.45, 2.75) is 25.6 Å². The summed E-state index contributed by atoms with van der Waals surface area (Å²) in [5.41, 5.74) is 0.401. The Labute approximate surface area is 165 Å². The van der Waals surface area contributed by atoms with Crippen molar-refractivity contribution in [1.29, 1.82) is 0 Å². The molecule has 4 heterocycles. The van der Waals surface area contributed by atoms with Gasteiger partial charge in [-0.15, -0.1) is 0 Å². The molecule has 1 fully saturated rings. The summed E-state index contributed by atoms with van der Waals surface area (Å²) in [5, 5.41) is 5.69. The van der Waals surface area contributed by atoms with Crippen molar-refractivity contribution >= 4 is 17.7 Å². The highest BCUT2D eigenvalue weighted by molar-refractivity contribution is 5.89. The number of cyclic esters (lactones) is 1. The Balaban J connectivity index is 1.87. The predicted octanol–water partition coefficient (Wildman–Crippen LogP) is 3.59. The van der Waals surface area contributed by atoms with Crippen LogP contribution in [-0.4, -0.2) is 42.2 Å². The van der Waals surface area contributed by atoms with Gasteiger partial charge in [-0.1, -0.05) is 6.92 Å². The van der Waals surface area contributed by atoms with Crippen LogP contribution in [0.3, 0.4) is 0 Å². The second-order valence-electron chi connectivity index (χ2n) is 6.88. The fourth-order valence-electron chi connectivity index (χ4n) is 3.60. The normalized spacial score (nSPS) is 19.4. The van der Waals surface area contributed by atoms with Gasteiger partial charge in [-0.2, -0.15) is 13.2 Å². The highest BCUT2D eigenvalue weighted by atomic mass is 19.4. The number of carbonyl (C=O) groups is 1. The van der Waals surface area contributed by atoms with E-state index in [1.807, 2.05) is 11.8 Å². The van der Waals surface area contributed by atoms with Crippen LogP contribution in [-0.2, 0) is 10.9 Å². The van der Waals surface area contributed by atoms with Gasteiger partial charge >= 0.3 is 12.3 Å². The molecule has 2 aromatic heterocycles. The van der Waals surface area contributed by atoms with Crippen LogP contribution in [0.25, 0.3) is 11.3 Å². The van der Waals surface area contributed by atoms with Crippen molar-refractivity contribution in [3.05, 3.63) is 35.5 Å². The Bertz CT molecular complexity index is 929. The van der Waals surface area contributed by atoms with Gasteiger partial charge in [-0.3, -0.25) is 5.32 Å². The number of ether oxygens (including phenoxy) is 1. The van der Waals surface area contributed by atoms with Crippen LogP contribution in [0.4, 0.5) is 29.6 Å². The van der Waals surface area contributed by atoms with Crippen LogP contribution in [0.15, 0.2) is 24.4 Å². The van der Waals surface area contributed by atoms with Gasteiger partial charge in [0.1, 0.15) is 17.7 Å². The molecule has 2 aliphatic heterocycles. The first kappa shape index (κ1) is 19.4. The quantitative estimate of drug-likeness (QED) is 0.810. The Morgan fingerprint density at radius 3 is 2.72 bits per heavy atom. The second-order valence-corrected chi connectivity index (χ2v) is 6.88. The highest BCUT2D eigenvalue weighted by Crippen LogP contribution is 2.40. The number of hydrogen-bond acceptors (Lipinski definition) is 6. The van der Waals surface area contributed by atoms with Crippen molar-refractivity contribution in [3.63, 3.8) is 0 Å². The van der Waals surface area contributed by atoms with Crippen molar-refractivity contribution in [1.82, 2.24) is 15.3 Å². The lowest BCUT2D eigenvalue weighted by Crippen LogP contribution is -2.44. The minimum absolute atomic E-state index is 0.171. The third-order valence-electron chi connectivity index (χ3n) is 5.01. The molecule has 4 rings (SSSR count). The number of rotatable bonds is 3. The SMILES string of the molecule is CC[C@@H]1OC(=O)Nc2nccc(-c3cc(C(F)(F)F)cc(N4CCNCC4)n3)c21. The van der Waals surface area contributed by atoms with E-state index in [9.17, 15) is 18.0 Å². The average molecular weight is 407 g/mol. The van der Waals surface area contributed by atoms with Crippen LogP contribution < -0.4 is 15.5 Å². The van der Waals surface area contributed by atoms with Crippen molar-refractivity contribution in [2.75, 3.05) is 36.4 Å². The molecular weight excluding hydrogens is 387 g/mol. The number of hydrogen-bond donors (Lipinski definition) is 2. The zero-order valence-corrected chi connectivity index (χ0v) is 15.7. The van der Waals surface area contributed by atoms with Crippen LogP contribution >= 0.6 is 0 Å². The number of nitrogens with zero attached hydrogens (tertiary/aromatic N) is 3. The Hall–Kier alpha value is -2.88. The van der Waals surface area contributed by atoms with Gasteiger partial charge in [0.15, 0.2) is 0 Å². The molecule has 1 amide bonds. The van der Waals surface area contributed by atoms with E-state index in [1.54, 1.807) is 6.07 Å². The van der Waals surface area contributed by atoms with Gasteiger partial charge in [0.05, 0.1) is 11.3 Å². The van der Waals surface area contributed by atoms with E-state index in [-0.39, 0.29) is 17.3 Å². The van der Waals surface area contributed by atoms with E-state index >= 15 is 0 Å². The van der Waals surface area contributed by atoms with Gasteiger partial charge in [-0.05, 0) is 24.6 Å². The molecule has 29 heavy (non-hydrogen) atoms. The number of fused-ring (bicyclic) bond motifs is 1. The number of alkyl halides is 3. The summed E-state index contributed by atoms with van der Waals surface area (Å²) in [4.78, 5) is 22.3. The van der Waals surface area contributed by atoms with Crippen LogP contribution in [0.2, 0.25) is 0 Å². The second kappa shape index (κ2) is 7.51. The molecule has 2 aromatic rings. The lowest BCUT2D eigenvalue weighted by molar-refractivity contribution is -0.137. The van der Waals surface area contributed by atoms with E-state index < -0.39 is 23.9 Å². The number of halogens is 3. The molecule has 0 radical (unpaired) electrons. The maximum atomic E-state index is 13.6. The van der Waals surface area contributed by atoms with E-state index in [1.165, 1.54) is 6.20 Å². The monoisotopic (exact) mass is 407 g/mol. The highest BCUT2D eigenvalue weighted by Gasteiger charge is 2.34. The van der Waals surface area contributed by atoms with E-state index in [0.717, 1.165) is 12.1 Å². The summed E-state index contributed by atoms with van der Waals surface area (Å²) in [5.74, 6) is 0.559. The molecule has 10 heteroatoms. The maximum absolute atomic E-state index is 13.6. The topological polar surface area (TPSA) is 79.4 Å². The number of carbonyl (C=O) groups excluding carboxylic acids is 1. The standard InChI is InChI=1S/C19H20F3N5O2/c1-2-14-16-12(3-4-24-17(16)26-18(28)29-14)13-9-11(19(20,21)22)10-15(25-13)27-7-5-23-6-8-27/h3-4,9-10,14,23H,2,5-8H2,1H3,(H,24,26,28)/t14-/m0/s1. The summed E-state index contributed by atoms with van der Waals surface area (Å²) in [7, 11) is 0. The summed E-state index contributed by atoms with van der Waals surface area (Å²) >= 11 is 0. The number of piperazine rings is 1. The first-order chi connectivity index (χ1) is 13.9. The molecule has 0 spiro atoms. The molecular formula is C19H20F3N5O2. The first-order valence-corrected chi connectivity index (χ1v) is 9.38. The smallest absolute Gasteiger partial charge is 0.416 e. The zero-order valence-electron chi connectivity index (χ0n) is 15.7. The fourth-order valence-corrected chi connectivity index (χ4v) is 3.60. The van der Waals surface area contributed by atoms with Crippen molar-refractivity contribution < 1.29 is 22.7 Å². The number of nitrogens with one attached hydrogen (secondary N) is 2. The number of amides is 1. The van der Waals surface area contributed by atoms with Crippen LogP contribution in [0.1, 0.15) is 30.6 Å². The number of pyridine rings is 2. The molecule has 0 aromatic carbocycles. The zero-order chi connectivity index (χ0) is 20.6. The van der Waals surface area contributed by atoms with Crippen LogP contribution in [0.5, 0.6) is 0 Å². The summed E-state index contributed by atoms with van der Waals surface area (Å²) in [6.07, 6.45) is -3.85. The molecule has 7 nitrogen and oxygen atoms in total. The third-order valence-corrected chi connectivity index (χ3v) is 5.01. The molecule has 0 bridgehead atoms. The molecule has 2 aliphatic rings. The van der Waals surface area contributed by atoms with E-state index in [0.29, 0.717) is 43.7 Å². The molecule has 154 valence electrons. The molecule has 1 saturated heterocycles. The Kier molecular flexibility index (Phi) is 5.03. The van der Waals surface area contributed by atoms with Crippen molar-refractivity contribution in [3.8, 4) is 11.3 Å². The van der Waals surface area contributed by atoms with Gasteiger partial charge in [-0.25, -0.2) is 14.8 Å². The minimum atomic E-state index is -4.51. The number of anilines is 2. The molecule has 2 N–H and O–H groups in total. The van der Waals surface area contributed by atoms with Gasteiger partial charge in [0, 0.05) is 43.5 Å². The maximum Gasteiger partial charge on any atom is 0.416 e. The summed E-state index contributed by atoms with van der Waals surface area (Å²) in [6.45, 7) is 4.32. The summed E-state index contributed by atoms with van der Waals surface area (Å²) < 4.78 is 46.1. The van der Waals surface area contributed by atoms with Gasteiger partial charge < -0.3 is 15.0 Å². The van der Waals surface area contributed by atoms with Gasteiger partial charge in [0.25, 0.3) is 0 Å². The summed E-state index contributed by atoms with van der Waals surface area (Å²) in [6, 6.07) is 3.72. The number of aromatic nitrogens is 2. The van der Waals surface area contributed by atoms with E-state index in [4.69, 9.17) is 4.74 Å². The molecule has 0 unspecified atom stereocenters. The first-order valence-electron chi connectivity index (χ1n) is 9.38. The van der Waals surface area contributed by atoms with Gasteiger partial charge in [0.2, 0.25) is 0 Å². The predicted molar refractivity (Wildman–Crippen MR) is 101 cm³/mol. The lowest BCUT2D eigenvalue weighted by atomic mass is 9.97. The molecule has 1 atom stereocenters. The Morgan fingerprint density at radius 1 is 1.28 bits per heavy atom. The Morgan fingerprint density at radius 2 is 2.03 bits per heavy atom. The fraction of sp³-hybridized carbons (Fsp3) is 0.421. The molecule has 0 aliphatic carbocycles. The average Bonchev–Trinajstić information content (AvgIpc) is 2.72. The lowest BCUT2D eigenvalue weighted by Gasteiger charge is -2.30. The molecule has 0 saturated carbocycles. The third kappa shape index (κ3) is 3.84.